The molecule has 0 amide bonds. The van der Waals surface area contributed by atoms with E-state index in [4.69, 9.17) is 47.4 Å². The molecule has 0 aromatic heterocycles. The average Bonchev–Trinajstić information content (AvgIpc) is 3.88. The first-order valence-electron chi connectivity index (χ1n) is 27.0. The van der Waals surface area contributed by atoms with Crippen LogP contribution in [0.2, 0.25) is 0 Å². The van der Waals surface area contributed by atoms with Crippen LogP contribution in [0.1, 0.15) is 86.0 Å². The molecule has 9 fully saturated rings. The lowest BCUT2D eigenvalue weighted by Crippen LogP contribution is -2.66. The molecule has 6 heterocycles. The van der Waals surface area contributed by atoms with Crippen LogP contribution in [0.3, 0.4) is 0 Å². The van der Waals surface area contributed by atoms with Crippen molar-refractivity contribution in [2.45, 2.75) is 233 Å². The number of aliphatic hydroxyl groups is 13. The van der Waals surface area contributed by atoms with E-state index in [1.54, 1.807) is 0 Å². The summed E-state index contributed by atoms with van der Waals surface area (Å²) in [5.41, 5.74) is 0.930. The SMILES string of the molecule is C[C@@H]1O[C@@H](O[C@H]2[C@H](O[C@H]3CC[C@@]4(C)C(=CC[C@H]5[C@@H]6C[C@@H]7O[C@@]8(OC[C@@H](CO)C[C@@H]8O[C@@H]8O[C@H](CO)[C@@H](O)[C@H](O)[C@H]8O)[C@@H](C)[C@@H]7[C@@]6(C)CC[C@@H]54)C3)O[C@H](CO)[C@@H](O[C@@H]3O[C@@H](C)[C@H](O)[C@@H](O)[C@H]3O)[C@@H]2O)[C@H](O)[C@H](O)[C@H]1O. The first-order chi connectivity index (χ1) is 35.1. The number of hydrogen-bond acceptors (Lipinski definition) is 23. The number of hydrogen-bond donors (Lipinski definition) is 13. The van der Waals surface area contributed by atoms with Crippen molar-refractivity contribution in [3.05, 3.63) is 11.6 Å². The largest absolute Gasteiger partial charge is 0.396 e. The molecule has 424 valence electrons. The Morgan fingerprint density at radius 2 is 1.18 bits per heavy atom. The molecule has 23 nitrogen and oxygen atoms in total. The third-order valence-electron chi connectivity index (χ3n) is 19.9. The summed E-state index contributed by atoms with van der Waals surface area (Å²) in [5.74, 6) is -0.627. The zero-order valence-electron chi connectivity index (χ0n) is 42.7. The Morgan fingerprint density at radius 1 is 0.581 bits per heavy atom. The molecule has 32 atom stereocenters. The van der Waals surface area contributed by atoms with Gasteiger partial charge in [0.25, 0.3) is 0 Å². The van der Waals surface area contributed by atoms with Crippen molar-refractivity contribution >= 4 is 0 Å². The van der Waals surface area contributed by atoms with Crippen molar-refractivity contribution < 1.29 is 114 Å². The van der Waals surface area contributed by atoms with Crippen LogP contribution < -0.4 is 0 Å². The summed E-state index contributed by atoms with van der Waals surface area (Å²) in [4.78, 5) is 0. The maximum atomic E-state index is 12.1. The van der Waals surface area contributed by atoms with Gasteiger partial charge in [0, 0.05) is 18.4 Å². The molecule has 10 aliphatic rings. The van der Waals surface area contributed by atoms with Crippen molar-refractivity contribution in [3.63, 3.8) is 0 Å². The third kappa shape index (κ3) is 9.29. The minimum Gasteiger partial charge on any atom is -0.396 e. The maximum Gasteiger partial charge on any atom is 0.198 e. The smallest absolute Gasteiger partial charge is 0.198 e. The van der Waals surface area contributed by atoms with Crippen LogP contribution >= 0.6 is 0 Å². The van der Waals surface area contributed by atoms with Crippen LogP contribution in [0.25, 0.3) is 0 Å². The highest BCUT2D eigenvalue weighted by Crippen LogP contribution is 2.71. The van der Waals surface area contributed by atoms with Gasteiger partial charge in [0.1, 0.15) is 91.6 Å². The van der Waals surface area contributed by atoms with Gasteiger partial charge in [-0.2, -0.15) is 0 Å². The molecule has 13 N–H and O–H groups in total. The predicted octanol–water partition coefficient (Wildman–Crippen LogP) is -2.99. The summed E-state index contributed by atoms with van der Waals surface area (Å²) in [7, 11) is 0. The van der Waals surface area contributed by atoms with Gasteiger partial charge in [-0.3, -0.25) is 0 Å². The van der Waals surface area contributed by atoms with Gasteiger partial charge in [0.05, 0.1) is 44.2 Å². The summed E-state index contributed by atoms with van der Waals surface area (Å²) in [6.07, 6.45) is -22.9. The first-order valence-corrected chi connectivity index (χ1v) is 27.0. The van der Waals surface area contributed by atoms with Gasteiger partial charge in [-0.15, -0.1) is 0 Å². The second-order valence-corrected chi connectivity index (χ2v) is 23.9. The molecule has 0 aromatic rings. The summed E-state index contributed by atoms with van der Waals surface area (Å²) in [5, 5.41) is 139. The van der Waals surface area contributed by atoms with Crippen molar-refractivity contribution in [2.24, 2.45) is 46.3 Å². The fourth-order valence-corrected chi connectivity index (χ4v) is 15.6. The number of aliphatic hydroxyl groups excluding tert-OH is 13. The standard InChI is InChI=1S/C51H82O23/c1-19-32-28(74-51(19)31(12-22(15-52)18-65-51)71-47-41(63)38(60)35(57)29(16-53)69-47)14-27-25-7-6-23-13-24(8-10-49(23,4)26(25)9-11-50(27,32)5)68-48-44(73-46-40(62)37(59)34(56)21(3)67-46)42(64)43(30(17-54)70-48)72-45-39(61)36(58)33(55)20(2)66-45/h6,19-22,24-48,52-64H,7-18H2,1-5H3/t19-,20-,21-,22+,24-,25+,26-,27-,28-,29+,30+,31-,32-,33-,34-,35+,36+,37+,38-,39+,40+,41+,42-,43+,44+,45-,46-,47-,48+,49-,50-,51-/m0/s1. The summed E-state index contributed by atoms with van der Waals surface area (Å²) >= 11 is 0. The highest BCUT2D eigenvalue weighted by Gasteiger charge is 2.71. The van der Waals surface area contributed by atoms with Crippen LogP contribution in [0, 0.1) is 46.3 Å². The van der Waals surface area contributed by atoms with E-state index in [9.17, 15) is 66.4 Å². The average molecular weight is 1060 g/mol. The van der Waals surface area contributed by atoms with Crippen LogP contribution in [0.4, 0.5) is 0 Å². The van der Waals surface area contributed by atoms with E-state index in [-0.39, 0.29) is 47.9 Å². The number of ether oxygens (including phenoxy) is 10. The molecular weight excluding hydrogens is 981 g/mol. The van der Waals surface area contributed by atoms with E-state index >= 15 is 0 Å². The second-order valence-electron chi connectivity index (χ2n) is 23.9. The van der Waals surface area contributed by atoms with E-state index < -0.39 is 154 Å². The Balaban J connectivity index is 0.844. The monoisotopic (exact) mass is 1060 g/mol. The molecule has 0 unspecified atom stereocenters. The molecule has 74 heavy (non-hydrogen) atoms. The van der Waals surface area contributed by atoms with Crippen LogP contribution in [-0.4, -0.2) is 240 Å². The number of rotatable bonds is 11. The van der Waals surface area contributed by atoms with Crippen molar-refractivity contribution in [2.75, 3.05) is 26.4 Å². The van der Waals surface area contributed by atoms with Crippen LogP contribution in [0.5, 0.6) is 0 Å². The van der Waals surface area contributed by atoms with E-state index in [0.717, 1.165) is 32.1 Å². The maximum absolute atomic E-state index is 12.1. The zero-order valence-corrected chi connectivity index (χ0v) is 42.7. The molecule has 0 bridgehead atoms. The predicted molar refractivity (Wildman–Crippen MR) is 248 cm³/mol. The number of fused-ring (bicyclic) bond motifs is 7. The third-order valence-corrected chi connectivity index (χ3v) is 19.9. The van der Waals surface area contributed by atoms with Gasteiger partial charge >= 0.3 is 0 Å². The second kappa shape index (κ2) is 21.4. The van der Waals surface area contributed by atoms with Crippen molar-refractivity contribution in [3.8, 4) is 0 Å². The van der Waals surface area contributed by atoms with Gasteiger partial charge in [0.15, 0.2) is 30.9 Å². The van der Waals surface area contributed by atoms with E-state index in [0.29, 0.717) is 37.0 Å². The molecule has 1 spiro atoms. The molecule has 6 aliphatic heterocycles. The lowest BCUT2D eigenvalue weighted by atomic mass is 9.47. The van der Waals surface area contributed by atoms with E-state index in [1.165, 1.54) is 19.4 Å². The van der Waals surface area contributed by atoms with Gasteiger partial charge in [0.2, 0.25) is 0 Å². The van der Waals surface area contributed by atoms with Gasteiger partial charge < -0.3 is 114 Å². The lowest BCUT2D eigenvalue weighted by Gasteiger charge is -2.59. The van der Waals surface area contributed by atoms with Crippen LogP contribution in [-0.2, 0) is 47.4 Å². The van der Waals surface area contributed by atoms with Crippen molar-refractivity contribution in [1.29, 1.82) is 0 Å². The Morgan fingerprint density at radius 3 is 1.80 bits per heavy atom. The highest BCUT2D eigenvalue weighted by molar-refractivity contribution is 5.27. The zero-order chi connectivity index (χ0) is 53.1. The van der Waals surface area contributed by atoms with Crippen molar-refractivity contribution in [1.82, 2.24) is 0 Å². The molecule has 6 saturated heterocycles. The van der Waals surface area contributed by atoms with Crippen LogP contribution in [0.15, 0.2) is 11.6 Å². The topological polar surface area (TPSA) is 355 Å². The molecule has 10 rings (SSSR count). The fourth-order valence-electron chi connectivity index (χ4n) is 15.6. The Kier molecular flexibility index (Phi) is 16.2. The Hall–Kier alpha value is -1.18. The fraction of sp³-hybridized carbons (Fsp3) is 0.961. The highest BCUT2D eigenvalue weighted by atomic mass is 16.8. The molecular formula is C51H82O23. The molecule has 23 heteroatoms. The molecule has 0 radical (unpaired) electrons. The quantitative estimate of drug-likeness (QED) is 0.0918. The molecule has 3 saturated carbocycles. The first kappa shape index (κ1) is 56.1. The molecule has 0 aromatic carbocycles. The minimum absolute atomic E-state index is 0.0797. The number of allylic oxidation sites excluding steroid dienone is 1. The summed E-state index contributed by atoms with van der Waals surface area (Å²) in [6.45, 7) is 8.56. The van der Waals surface area contributed by atoms with Gasteiger partial charge in [-0.25, -0.2) is 0 Å². The van der Waals surface area contributed by atoms with Gasteiger partial charge in [-0.05, 0) is 99.7 Å². The Bertz CT molecular complexity index is 1970. The summed E-state index contributed by atoms with van der Waals surface area (Å²) in [6, 6.07) is 0. The molecule has 4 aliphatic carbocycles. The normalized spacial score (nSPS) is 57.5. The minimum atomic E-state index is -1.76. The van der Waals surface area contributed by atoms with Gasteiger partial charge in [-0.1, -0.05) is 32.4 Å². The van der Waals surface area contributed by atoms with E-state index in [1.807, 2.05) is 0 Å². The van der Waals surface area contributed by atoms with E-state index in [2.05, 4.69) is 26.8 Å². The lowest BCUT2D eigenvalue weighted by molar-refractivity contribution is -0.388. The Labute approximate surface area is 430 Å². The summed E-state index contributed by atoms with van der Waals surface area (Å²) < 4.78 is 62.7.